The minimum atomic E-state index is -0.129. The van der Waals surface area contributed by atoms with Gasteiger partial charge in [-0.25, -0.2) is 9.50 Å². The van der Waals surface area contributed by atoms with Gasteiger partial charge in [-0.3, -0.25) is 9.59 Å². The Morgan fingerprint density at radius 2 is 1.97 bits per heavy atom. The molecule has 1 aliphatic carbocycles. The van der Waals surface area contributed by atoms with E-state index in [1.165, 1.54) is 11.3 Å². The molecule has 166 valence electrons. The number of rotatable bonds is 2. The summed E-state index contributed by atoms with van der Waals surface area (Å²) in [4.78, 5) is 34.7. The van der Waals surface area contributed by atoms with Crippen LogP contribution in [0, 0.1) is 12.3 Å². The van der Waals surface area contributed by atoms with Gasteiger partial charge in [-0.05, 0) is 43.4 Å². The number of hydrogen-bond acceptors (Lipinski definition) is 5. The number of anilines is 1. The number of hydrogen-bond donors (Lipinski definition) is 0. The van der Waals surface area contributed by atoms with Crippen molar-refractivity contribution in [3.63, 3.8) is 0 Å². The molecule has 0 N–H and O–H groups in total. The van der Waals surface area contributed by atoms with E-state index in [1.54, 1.807) is 16.9 Å². The topological polar surface area (TPSA) is 70.8 Å². The molecule has 0 bridgehead atoms. The fourth-order valence-corrected chi connectivity index (χ4v) is 5.08. The summed E-state index contributed by atoms with van der Waals surface area (Å²) in [6.07, 6.45) is 4.46. The molecule has 5 rings (SSSR count). The molecule has 1 saturated heterocycles. The van der Waals surface area contributed by atoms with Crippen LogP contribution >= 0.6 is 0 Å². The number of aryl methyl sites for hydroxylation is 1. The molecule has 7 heteroatoms. The third-order valence-electron chi connectivity index (χ3n) is 6.69. The molecule has 3 heterocycles. The van der Waals surface area contributed by atoms with Crippen molar-refractivity contribution in [1.29, 1.82) is 0 Å². The Kier molecular flexibility index (Phi) is 4.80. The summed E-state index contributed by atoms with van der Waals surface area (Å²) in [7, 11) is 0. The van der Waals surface area contributed by atoms with Gasteiger partial charge >= 0.3 is 0 Å². The van der Waals surface area contributed by atoms with Crippen molar-refractivity contribution < 1.29 is 9.59 Å². The van der Waals surface area contributed by atoms with E-state index in [9.17, 15) is 9.59 Å². The van der Waals surface area contributed by atoms with E-state index >= 15 is 0 Å². The highest BCUT2D eigenvalue weighted by Gasteiger charge is 2.35. The van der Waals surface area contributed by atoms with E-state index in [0.717, 1.165) is 18.7 Å². The molecule has 1 fully saturated rings. The zero-order valence-electron chi connectivity index (χ0n) is 19.1. The monoisotopic (exact) mass is 431 g/mol. The number of ketones is 1. The molecular weight excluding hydrogens is 402 g/mol. The lowest BCUT2D eigenvalue weighted by Gasteiger charge is -2.41. The molecule has 0 radical (unpaired) electrons. The molecule has 1 aromatic carbocycles. The van der Waals surface area contributed by atoms with Crippen molar-refractivity contribution in [2.45, 2.75) is 46.6 Å². The lowest BCUT2D eigenvalue weighted by Crippen LogP contribution is -2.53. The summed E-state index contributed by atoms with van der Waals surface area (Å²) in [6, 6.07) is 8.69. The predicted octanol–water partition coefficient (Wildman–Crippen LogP) is 3.54. The molecule has 1 aliphatic heterocycles. The molecule has 7 nitrogen and oxygen atoms in total. The predicted molar refractivity (Wildman–Crippen MR) is 123 cm³/mol. The summed E-state index contributed by atoms with van der Waals surface area (Å²) in [5.41, 5.74) is 4.81. The highest BCUT2D eigenvalue weighted by Crippen LogP contribution is 2.35. The molecule has 32 heavy (non-hydrogen) atoms. The van der Waals surface area contributed by atoms with Crippen LogP contribution in [0.3, 0.4) is 0 Å². The maximum atomic E-state index is 13.4. The highest BCUT2D eigenvalue weighted by atomic mass is 16.2. The third-order valence-corrected chi connectivity index (χ3v) is 6.69. The fourth-order valence-electron chi connectivity index (χ4n) is 5.08. The van der Waals surface area contributed by atoms with Gasteiger partial charge in [0.25, 0.3) is 5.91 Å². The van der Waals surface area contributed by atoms with Crippen LogP contribution in [0.5, 0.6) is 0 Å². The van der Waals surface area contributed by atoms with Crippen LogP contribution in [0.1, 0.15) is 59.2 Å². The first-order valence-electron chi connectivity index (χ1n) is 11.2. The van der Waals surface area contributed by atoms with Gasteiger partial charge in [-0.1, -0.05) is 26.0 Å². The Morgan fingerprint density at radius 3 is 2.72 bits per heavy atom. The van der Waals surface area contributed by atoms with E-state index in [-0.39, 0.29) is 23.1 Å². The number of benzene rings is 1. The van der Waals surface area contributed by atoms with Crippen LogP contribution in [0.4, 0.5) is 5.69 Å². The van der Waals surface area contributed by atoms with Gasteiger partial charge in [-0.15, -0.1) is 0 Å². The van der Waals surface area contributed by atoms with Crippen molar-refractivity contribution in [3.05, 3.63) is 59.0 Å². The third kappa shape index (κ3) is 3.45. The SMILES string of the molecule is Cc1cccc(N2CCN(C(=O)c3cnn4c5c(cnc34)C(=O)CC(C)(C)C5)CC2C)c1. The molecule has 0 spiro atoms. The first-order chi connectivity index (χ1) is 15.2. The van der Waals surface area contributed by atoms with Crippen molar-refractivity contribution in [1.82, 2.24) is 19.5 Å². The Hall–Kier alpha value is -3.22. The number of fused-ring (bicyclic) bond motifs is 3. The largest absolute Gasteiger partial charge is 0.365 e. The molecule has 2 aliphatic rings. The van der Waals surface area contributed by atoms with Crippen LogP contribution in [0.25, 0.3) is 5.65 Å². The summed E-state index contributed by atoms with van der Waals surface area (Å²) < 4.78 is 1.70. The second-order valence-corrected chi connectivity index (χ2v) is 9.99. The van der Waals surface area contributed by atoms with E-state index in [4.69, 9.17) is 0 Å². The lowest BCUT2D eigenvalue weighted by molar-refractivity contribution is 0.0728. The second kappa shape index (κ2) is 7.43. The first-order valence-corrected chi connectivity index (χ1v) is 11.2. The number of nitrogens with zero attached hydrogens (tertiary/aromatic N) is 5. The number of amides is 1. The minimum Gasteiger partial charge on any atom is -0.365 e. The molecule has 1 atom stereocenters. The van der Waals surface area contributed by atoms with Crippen molar-refractivity contribution in [2.24, 2.45) is 5.41 Å². The fraction of sp³-hybridized carbons (Fsp3) is 0.440. The van der Waals surface area contributed by atoms with Crippen molar-refractivity contribution >= 4 is 23.0 Å². The standard InChI is InChI=1S/C25H29N5O2/c1-16-6-5-7-18(10-16)29-9-8-28(15-17(29)2)24(32)20-14-27-30-21-11-25(3,4)12-22(31)19(21)13-26-23(20)30/h5-7,10,13-14,17H,8-9,11-12,15H2,1-4H3. The average Bonchev–Trinajstić information content (AvgIpc) is 3.17. The zero-order chi connectivity index (χ0) is 22.6. The van der Waals surface area contributed by atoms with Crippen molar-refractivity contribution in [2.75, 3.05) is 24.5 Å². The maximum Gasteiger partial charge on any atom is 0.259 e. The Morgan fingerprint density at radius 1 is 1.16 bits per heavy atom. The Balaban J connectivity index is 1.41. The number of carbonyl (C=O) groups excluding carboxylic acids is 2. The number of carbonyl (C=O) groups is 2. The van der Waals surface area contributed by atoms with E-state index in [1.807, 2.05) is 4.90 Å². The van der Waals surface area contributed by atoms with Gasteiger partial charge in [-0.2, -0.15) is 5.10 Å². The molecule has 1 unspecified atom stereocenters. The lowest BCUT2D eigenvalue weighted by atomic mass is 9.76. The van der Waals surface area contributed by atoms with Gasteiger partial charge in [0.05, 0.1) is 17.5 Å². The number of Topliss-reactive ketones (excluding diaryl/α,β-unsaturated/α-hetero) is 1. The highest BCUT2D eigenvalue weighted by molar-refractivity contribution is 6.01. The van der Waals surface area contributed by atoms with E-state index < -0.39 is 0 Å². The Labute approximate surface area is 188 Å². The molecule has 3 aromatic rings. The van der Waals surface area contributed by atoms with Crippen LogP contribution < -0.4 is 4.90 Å². The average molecular weight is 432 g/mol. The molecule has 2 aromatic heterocycles. The van der Waals surface area contributed by atoms with Crippen LogP contribution in [0.2, 0.25) is 0 Å². The van der Waals surface area contributed by atoms with Crippen molar-refractivity contribution in [3.8, 4) is 0 Å². The summed E-state index contributed by atoms with van der Waals surface area (Å²) in [5.74, 6) is 0.0414. The zero-order valence-corrected chi connectivity index (χ0v) is 19.1. The van der Waals surface area contributed by atoms with Crippen LogP contribution in [-0.4, -0.2) is 56.9 Å². The smallest absolute Gasteiger partial charge is 0.259 e. The van der Waals surface area contributed by atoms with E-state index in [2.05, 4.69) is 66.9 Å². The normalized spacial score (nSPS) is 20.5. The quantitative estimate of drug-likeness (QED) is 0.621. The van der Waals surface area contributed by atoms with Gasteiger partial charge in [0.1, 0.15) is 5.56 Å². The van der Waals surface area contributed by atoms with Gasteiger partial charge < -0.3 is 9.80 Å². The maximum absolute atomic E-state index is 13.4. The van der Waals surface area contributed by atoms with Gasteiger partial charge in [0.2, 0.25) is 0 Å². The Bertz CT molecular complexity index is 1230. The molecule has 0 saturated carbocycles. The number of aromatic nitrogens is 3. The van der Waals surface area contributed by atoms with Gasteiger partial charge in [0, 0.05) is 44.0 Å². The van der Waals surface area contributed by atoms with Crippen LogP contribution in [-0.2, 0) is 6.42 Å². The first kappa shape index (κ1) is 20.7. The molecular formula is C25H29N5O2. The summed E-state index contributed by atoms with van der Waals surface area (Å²) in [5, 5.41) is 4.48. The minimum absolute atomic E-state index is 0.0513. The van der Waals surface area contributed by atoms with Gasteiger partial charge in [0.15, 0.2) is 11.4 Å². The number of piperazine rings is 1. The second-order valence-electron chi connectivity index (χ2n) is 9.99. The van der Waals surface area contributed by atoms with E-state index in [0.29, 0.717) is 36.3 Å². The van der Waals surface area contributed by atoms with Crippen LogP contribution in [0.15, 0.2) is 36.7 Å². The summed E-state index contributed by atoms with van der Waals surface area (Å²) in [6.45, 7) is 10.5. The summed E-state index contributed by atoms with van der Waals surface area (Å²) >= 11 is 0. The molecule has 1 amide bonds.